The van der Waals surface area contributed by atoms with Crippen LogP contribution in [0.3, 0.4) is 0 Å². The third kappa shape index (κ3) is 250. The van der Waals surface area contributed by atoms with Gasteiger partial charge in [-0.2, -0.15) is 0 Å². The molecule has 0 radical (unpaired) electrons. The summed E-state index contributed by atoms with van der Waals surface area (Å²) >= 11 is 0. The van der Waals surface area contributed by atoms with Crippen molar-refractivity contribution in [1.82, 2.24) is 0 Å². The van der Waals surface area contributed by atoms with Crippen LogP contribution in [0.25, 0.3) is 0 Å². The Balaban J connectivity index is -0.000000101. The lowest BCUT2D eigenvalue weighted by atomic mass is 10.5. The Labute approximate surface area is 76.7 Å². The molecule has 0 heteroatoms. The maximum atomic E-state index is 4.78. The summed E-state index contributed by atoms with van der Waals surface area (Å²) < 4.78 is 0. The van der Waals surface area contributed by atoms with E-state index >= 15 is 0 Å². The minimum Gasteiger partial charge on any atom is -0.120 e. The predicted octanol–water partition coefficient (Wildman–Crippen LogP) is 3.19. The lowest BCUT2D eigenvalue weighted by Gasteiger charge is -1.52. The van der Waals surface area contributed by atoms with Crippen molar-refractivity contribution in [3.63, 3.8) is 0 Å². The highest BCUT2D eigenvalue weighted by molar-refractivity contribution is 5.03. The minimum absolute atomic E-state index is 0.847. The summed E-state index contributed by atoms with van der Waals surface area (Å²) in [5.74, 6) is 4.62. The molecule has 12 heavy (non-hydrogen) atoms. The zero-order chi connectivity index (χ0) is 10.2. The van der Waals surface area contributed by atoms with Crippen molar-refractivity contribution in [2.45, 2.75) is 13.3 Å². The van der Waals surface area contributed by atoms with E-state index in [0.29, 0.717) is 0 Å². The number of allylic oxidation sites excluding steroid dienone is 3. The minimum atomic E-state index is 0.847. The van der Waals surface area contributed by atoms with E-state index in [1.165, 1.54) is 6.08 Å². The summed E-state index contributed by atoms with van der Waals surface area (Å²) in [7, 11) is 0. The van der Waals surface area contributed by atoms with Gasteiger partial charge in [-0.15, -0.1) is 18.8 Å². The zero-order valence-electron chi connectivity index (χ0n) is 7.72. The van der Waals surface area contributed by atoms with E-state index in [1.807, 2.05) is 6.92 Å². The van der Waals surface area contributed by atoms with E-state index in [2.05, 4.69) is 38.0 Å². The fourth-order valence-corrected chi connectivity index (χ4v) is 0. The smallest absolute Gasteiger partial charge is 0.00576 e. The Morgan fingerprint density at radius 1 is 1.17 bits per heavy atom. The van der Waals surface area contributed by atoms with E-state index < -0.39 is 0 Å². The highest BCUT2D eigenvalue weighted by Crippen LogP contribution is 1.58. The highest BCUT2D eigenvalue weighted by Gasteiger charge is 1.43. The van der Waals surface area contributed by atoms with E-state index in [-0.39, 0.29) is 0 Å². The van der Waals surface area contributed by atoms with E-state index in [9.17, 15) is 0 Å². The van der Waals surface area contributed by atoms with Gasteiger partial charge in [-0.1, -0.05) is 44.7 Å². The molecule has 0 saturated carbocycles. The molecule has 0 N–H and O–H groups in total. The maximum absolute atomic E-state index is 4.78. The van der Waals surface area contributed by atoms with Gasteiger partial charge >= 0.3 is 0 Å². The molecule has 0 heterocycles. The molecule has 0 atom stereocenters. The van der Waals surface area contributed by atoms with Crippen LogP contribution < -0.4 is 0 Å². The molecular weight excluding hydrogens is 144 g/mol. The van der Waals surface area contributed by atoms with Gasteiger partial charge in [0.05, 0.1) is 0 Å². The van der Waals surface area contributed by atoms with E-state index in [1.54, 1.807) is 12.2 Å². The van der Waals surface area contributed by atoms with Crippen LogP contribution in [0.5, 0.6) is 0 Å². The van der Waals surface area contributed by atoms with E-state index in [0.717, 1.165) is 6.42 Å². The Morgan fingerprint density at radius 2 is 1.42 bits per heavy atom. The van der Waals surface area contributed by atoms with Gasteiger partial charge in [-0.3, -0.25) is 0 Å². The molecule has 0 fully saturated rings. The van der Waals surface area contributed by atoms with Crippen molar-refractivity contribution in [3.8, 4) is 24.7 Å². The fourth-order valence-electron chi connectivity index (χ4n) is 0. The zero-order valence-corrected chi connectivity index (χ0v) is 7.72. The van der Waals surface area contributed by atoms with Crippen LogP contribution in [0.15, 0.2) is 38.0 Å². The van der Waals surface area contributed by atoms with Crippen LogP contribution >= 0.6 is 0 Å². The molecule has 0 amide bonds. The van der Waals surface area contributed by atoms with Gasteiger partial charge in [-0.05, 0) is 6.08 Å². The molecule has 0 aromatic carbocycles. The topological polar surface area (TPSA) is 0 Å². The third-order valence-electron chi connectivity index (χ3n) is 0.489. The maximum Gasteiger partial charge on any atom is 0.00576 e. The van der Waals surface area contributed by atoms with Crippen molar-refractivity contribution in [3.05, 3.63) is 38.0 Å². The normalized spacial score (nSPS) is 4.58. The van der Waals surface area contributed by atoms with Gasteiger partial charge in [0.1, 0.15) is 0 Å². The molecule has 0 aromatic rings. The average molecular weight is 160 g/mol. The monoisotopic (exact) mass is 160 g/mol. The summed E-state index contributed by atoms with van der Waals surface area (Å²) in [6, 6.07) is 0. The molecule has 0 aliphatic rings. The summed E-state index contributed by atoms with van der Waals surface area (Å²) in [4.78, 5) is 0. The Kier molecular flexibility index (Phi) is 48.1. The van der Waals surface area contributed by atoms with Crippen LogP contribution in [0.2, 0.25) is 0 Å². The summed E-state index contributed by atoms with van der Waals surface area (Å²) in [5, 5.41) is 0. The number of terminal acetylenes is 2. The van der Waals surface area contributed by atoms with Crippen molar-refractivity contribution in [2.24, 2.45) is 0 Å². The van der Waals surface area contributed by atoms with Crippen LogP contribution in [0, 0.1) is 24.7 Å². The van der Waals surface area contributed by atoms with Gasteiger partial charge in [0.15, 0.2) is 0 Å². The molecule has 0 saturated heterocycles. The summed E-state index contributed by atoms with van der Waals surface area (Å²) in [6.45, 7) is 11.9. The molecule has 0 unspecified atom stereocenters. The molecule has 64 valence electrons. The standard InChI is InChI=1S/2C4H6.C4H4/c3*1-3-4-2/h3-4H,1-2H2;1H,4H2,2H3;1,4H,2H2. The Morgan fingerprint density at radius 3 is 1.42 bits per heavy atom. The van der Waals surface area contributed by atoms with Gasteiger partial charge in [-0.25, -0.2) is 0 Å². The van der Waals surface area contributed by atoms with Crippen molar-refractivity contribution in [2.75, 3.05) is 0 Å². The molecule has 0 aromatic heterocycles. The third-order valence-corrected chi connectivity index (χ3v) is 0.489. The van der Waals surface area contributed by atoms with E-state index in [4.69, 9.17) is 6.42 Å². The van der Waals surface area contributed by atoms with Crippen molar-refractivity contribution >= 4 is 0 Å². The number of hydrogen-bond donors (Lipinski definition) is 0. The van der Waals surface area contributed by atoms with Crippen molar-refractivity contribution < 1.29 is 0 Å². The highest BCUT2D eigenvalue weighted by atomic mass is 13.5. The average Bonchev–Trinajstić information content (AvgIpc) is 2.18. The van der Waals surface area contributed by atoms with Gasteiger partial charge in [0, 0.05) is 6.42 Å². The first-order chi connectivity index (χ1) is 5.74. The Bertz CT molecular complexity index is 165. The fraction of sp³-hybridized carbons (Fsp3) is 0.167. The van der Waals surface area contributed by atoms with Gasteiger partial charge in [0.2, 0.25) is 0 Å². The van der Waals surface area contributed by atoms with Crippen LogP contribution in [0.4, 0.5) is 0 Å². The molecule has 0 aliphatic carbocycles. The van der Waals surface area contributed by atoms with Gasteiger partial charge in [0.25, 0.3) is 0 Å². The Hall–Kier alpha value is -1.66. The largest absolute Gasteiger partial charge is 0.120 e. The first kappa shape index (κ1) is 16.7. The molecule has 0 rings (SSSR count). The quantitative estimate of drug-likeness (QED) is 0.408. The molecule has 0 bridgehead atoms. The summed E-state index contributed by atoms with van der Waals surface area (Å²) in [5.41, 5.74) is 0. The van der Waals surface area contributed by atoms with Crippen LogP contribution in [-0.4, -0.2) is 0 Å². The summed E-state index contributed by atoms with van der Waals surface area (Å²) in [6.07, 6.45) is 15.0. The molecular formula is C12H16. The first-order valence-corrected chi connectivity index (χ1v) is 3.48. The van der Waals surface area contributed by atoms with Crippen LogP contribution in [-0.2, 0) is 0 Å². The predicted molar refractivity (Wildman–Crippen MR) is 58.5 cm³/mol. The van der Waals surface area contributed by atoms with Crippen LogP contribution in [0.1, 0.15) is 13.3 Å². The SMILES string of the molecule is C#CC=C.C#CCC.C=CC=C. The second-order valence-electron chi connectivity index (χ2n) is 1.40. The van der Waals surface area contributed by atoms with Crippen molar-refractivity contribution in [1.29, 1.82) is 0 Å². The number of rotatable bonds is 1. The first-order valence-electron chi connectivity index (χ1n) is 3.48. The number of hydrogen-bond acceptors (Lipinski definition) is 0. The van der Waals surface area contributed by atoms with Gasteiger partial charge < -0.3 is 0 Å². The second kappa shape index (κ2) is 34.5. The lowest BCUT2D eigenvalue weighted by Crippen LogP contribution is -1.38. The molecule has 0 nitrogen and oxygen atoms in total. The lowest BCUT2D eigenvalue weighted by molar-refractivity contribution is 1.28. The second-order valence-corrected chi connectivity index (χ2v) is 1.40. The molecule has 0 aliphatic heterocycles. The molecule has 0 spiro atoms.